The minimum atomic E-state index is -0.301. The molecule has 0 saturated heterocycles. The SMILES string of the molecule is Cc1n[nH]c(C)c1CCC(=O)NCC1(C)CCCCC1O. The normalized spacial score (nSPS) is 25.8. The lowest BCUT2D eigenvalue weighted by Gasteiger charge is -2.38. The fraction of sp³-hybridized carbons (Fsp3) is 0.750. The smallest absolute Gasteiger partial charge is 0.220 e. The van der Waals surface area contributed by atoms with E-state index < -0.39 is 0 Å². The lowest BCUT2D eigenvalue weighted by Crippen LogP contribution is -2.45. The number of aryl methyl sites for hydroxylation is 2. The van der Waals surface area contributed by atoms with Crippen LogP contribution in [0.5, 0.6) is 0 Å². The number of aromatic nitrogens is 2. The van der Waals surface area contributed by atoms with Gasteiger partial charge in [-0.25, -0.2) is 0 Å². The molecule has 3 N–H and O–H groups in total. The van der Waals surface area contributed by atoms with Crippen LogP contribution in [0.4, 0.5) is 0 Å². The fourth-order valence-electron chi connectivity index (χ4n) is 3.16. The highest BCUT2D eigenvalue weighted by Crippen LogP contribution is 2.35. The van der Waals surface area contributed by atoms with Crippen LogP contribution < -0.4 is 5.32 Å². The van der Waals surface area contributed by atoms with Crippen molar-refractivity contribution in [3.05, 3.63) is 17.0 Å². The van der Waals surface area contributed by atoms with Gasteiger partial charge in [-0.2, -0.15) is 5.10 Å². The van der Waals surface area contributed by atoms with Crippen LogP contribution in [-0.4, -0.2) is 33.9 Å². The number of aliphatic hydroxyl groups is 1. The second kappa shape index (κ2) is 6.60. The van der Waals surface area contributed by atoms with Crippen molar-refractivity contribution in [3.63, 3.8) is 0 Å². The van der Waals surface area contributed by atoms with Gasteiger partial charge in [-0.15, -0.1) is 0 Å². The van der Waals surface area contributed by atoms with E-state index in [0.29, 0.717) is 19.4 Å². The zero-order valence-electron chi connectivity index (χ0n) is 13.3. The van der Waals surface area contributed by atoms with Crippen LogP contribution in [0.3, 0.4) is 0 Å². The number of aliphatic hydroxyl groups excluding tert-OH is 1. The maximum Gasteiger partial charge on any atom is 0.220 e. The second-order valence-corrected chi connectivity index (χ2v) is 6.60. The molecule has 2 rings (SSSR count). The number of amides is 1. The molecule has 2 atom stereocenters. The summed E-state index contributed by atoms with van der Waals surface area (Å²) in [6.45, 7) is 6.57. The van der Waals surface area contributed by atoms with E-state index in [1.807, 2.05) is 13.8 Å². The quantitative estimate of drug-likeness (QED) is 0.777. The third kappa shape index (κ3) is 3.84. The first kappa shape index (κ1) is 16.0. The van der Waals surface area contributed by atoms with Gasteiger partial charge in [-0.05, 0) is 38.7 Å². The van der Waals surface area contributed by atoms with Crippen molar-refractivity contribution in [2.45, 2.75) is 65.4 Å². The van der Waals surface area contributed by atoms with Crippen molar-refractivity contribution < 1.29 is 9.90 Å². The fourth-order valence-corrected chi connectivity index (χ4v) is 3.16. The summed E-state index contributed by atoms with van der Waals surface area (Å²) in [4.78, 5) is 12.0. The first-order chi connectivity index (χ1) is 9.92. The van der Waals surface area contributed by atoms with Crippen LogP contribution in [0.15, 0.2) is 0 Å². The molecule has 1 amide bonds. The van der Waals surface area contributed by atoms with Crippen molar-refractivity contribution in [1.82, 2.24) is 15.5 Å². The molecular weight excluding hydrogens is 266 g/mol. The molecule has 2 unspecified atom stereocenters. The van der Waals surface area contributed by atoms with Gasteiger partial charge in [0.1, 0.15) is 0 Å². The lowest BCUT2D eigenvalue weighted by molar-refractivity contribution is -0.122. The van der Waals surface area contributed by atoms with Crippen LogP contribution in [0.25, 0.3) is 0 Å². The van der Waals surface area contributed by atoms with Gasteiger partial charge in [0, 0.05) is 24.1 Å². The maximum absolute atomic E-state index is 12.0. The van der Waals surface area contributed by atoms with Crippen LogP contribution in [0.1, 0.15) is 56.0 Å². The first-order valence-electron chi connectivity index (χ1n) is 7.87. The zero-order valence-corrected chi connectivity index (χ0v) is 13.3. The van der Waals surface area contributed by atoms with Crippen LogP contribution in [0.2, 0.25) is 0 Å². The minimum Gasteiger partial charge on any atom is -0.392 e. The second-order valence-electron chi connectivity index (χ2n) is 6.60. The number of hydrogen-bond donors (Lipinski definition) is 3. The van der Waals surface area contributed by atoms with Gasteiger partial charge in [0.2, 0.25) is 5.91 Å². The molecule has 21 heavy (non-hydrogen) atoms. The minimum absolute atomic E-state index is 0.0500. The Labute approximate surface area is 126 Å². The highest BCUT2D eigenvalue weighted by atomic mass is 16.3. The Hall–Kier alpha value is -1.36. The zero-order chi connectivity index (χ0) is 15.5. The van der Waals surface area contributed by atoms with Crippen molar-refractivity contribution in [2.75, 3.05) is 6.54 Å². The van der Waals surface area contributed by atoms with E-state index in [-0.39, 0.29) is 17.4 Å². The molecule has 0 spiro atoms. The number of nitrogens with one attached hydrogen (secondary N) is 2. The molecule has 5 nitrogen and oxygen atoms in total. The molecule has 1 aliphatic carbocycles. The predicted octanol–water partition coefficient (Wildman–Crippen LogP) is 2.02. The molecule has 0 radical (unpaired) electrons. The molecule has 0 bridgehead atoms. The molecular formula is C16H27N3O2. The van der Waals surface area contributed by atoms with E-state index in [1.54, 1.807) is 0 Å². The van der Waals surface area contributed by atoms with Gasteiger partial charge in [0.25, 0.3) is 0 Å². The van der Waals surface area contributed by atoms with E-state index >= 15 is 0 Å². The number of H-pyrrole nitrogens is 1. The monoisotopic (exact) mass is 293 g/mol. The summed E-state index contributed by atoms with van der Waals surface area (Å²) in [5.41, 5.74) is 2.97. The van der Waals surface area contributed by atoms with Crippen LogP contribution >= 0.6 is 0 Å². The van der Waals surface area contributed by atoms with E-state index in [4.69, 9.17) is 0 Å². The highest BCUT2D eigenvalue weighted by molar-refractivity contribution is 5.76. The number of carbonyl (C=O) groups excluding carboxylic acids is 1. The third-order valence-electron chi connectivity index (χ3n) is 4.85. The molecule has 1 aromatic heterocycles. The topological polar surface area (TPSA) is 78.0 Å². The number of hydrogen-bond acceptors (Lipinski definition) is 3. The summed E-state index contributed by atoms with van der Waals surface area (Å²) in [5, 5.41) is 20.2. The Bertz CT molecular complexity index is 478. The van der Waals surface area contributed by atoms with Gasteiger partial charge in [-0.1, -0.05) is 19.8 Å². The van der Waals surface area contributed by atoms with Gasteiger partial charge >= 0.3 is 0 Å². The summed E-state index contributed by atoms with van der Waals surface area (Å²) in [6, 6.07) is 0. The molecule has 0 aliphatic heterocycles. The maximum atomic E-state index is 12.0. The van der Waals surface area contributed by atoms with E-state index in [1.165, 1.54) is 0 Å². The van der Waals surface area contributed by atoms with Crippen molar-refractivity contribution >= 4 is 5.91 Å². The molecule has 1 saturated carbocycles. The largest absolute Gasteiger partial charge is 0.392 e. The van der Waals surface area contributed by atoms with Gasteiger partial charge in [0.15, 0.2) is 0 Å². The van der Waals surface area contributed by atoms with Crippen LogP contribution in [-0.2, 0) is 11.2 Å². The van der Waals surface area contributed by atoms with Crippen molar-refractivity contribution in [3.8, 4) is 0 Å². The molecule has 1 fully saturated rings. The Morgan fingerprint density at radius 1 is 1.48 bits per heavy atom. The summed E-state index contributed by atoms with van der Waals surface area (Å²) in [7, 11) is 0. The number of rotatable bonds is 5. The Kier molecular flexibility index (Phi) is 5.04. The molecule has 0 aromatic carbocycles. The summed E-state index contributed by atoms with van der Waals surface area (Å²) in [5.74, 6) is 0.0500. The summed E-state index contributed by atoms with van der Waals surface area (Å²) >= 11 is 0. The molecule has 1 aliphatic rings. The summed E-state index contributed by atoms with van der Waals surface area (Å²) < 4.78 is 0. The Morgan fingerprint density at radius 2 is 2.24 bits per heavy atom. The Morgan fingerprint density at radius 3 is 2.86 bits per heavy atom. The van der Waals surface area contributed by atoms with Gasteiger partial charge in [0.05, 0.1) is 11.8 Å². The number of nitrogens with zero attached hydrogens (tertiary/aromatic N) is 1. The van der Waals surface area contributed by atoms with E-state index in [9.17, 15) is 9.90 Å². The number of aromatic amines is 1. The van der Waals surface area contributed by atoms with E-state index in [2.05, 4.69) is 22.4 Å². The standard InChI is InChI=1S/C16H27N3O2/c1-11-13(12(2)19-18-11)7-8-15(21)17-10-16(3)9-5-4-6-14(16)20/h14,20H,4-10H2,1-3H3,(H,17,21)(H,18,19). The van der Waals surface area contributed by atoms with Gasteiger partial charge < -0.3 is 10.4 Å². The predicted molar refractivity (Wildman–Crippen MR) is 82.0 cm³/mol. The van der Waals surface area contributed by atoms with Crippen molar-refractivity contribution in [2.24, 2.45) is 5.41 Å². The highest BCUT2D eigenvalue weighted by Gasteiger charge is 2.35. The average Bonchev–Trinajstić information content (AvgIpc) is 2.77. The average molecular weight is 293 g/mol. The molecule has 118 valence electrons. The molecule has 1 aromatic rings. The third-order valence-corrected chi connectivity index (χ3v) is 4.85. The van der Waals surface area contributed by atoms with E-state index in [0.717, 1.165) is 42.6 Å². The number of carbonyl (C=O) groups is 1. The van der Waals surface area contributed by atoms with Gasteiger partial charge in [-0.3, -0.25) is 9.89 Å². The molecule has 1 heterocycles. The molecule has 5 heteroatoms. The summed E-state index contributed by atoms with van der Waals surface area (Å²) in [6.07, 6.45) is 4.92. The Balaban J connectivity index is 1.80. The van der Waals surface area contributed by atoms with Crippen LogP contribution in [0, 0.1) is 19.3 Å². The first-order valence-corrected chi connectivity index (χ1v) is 7.87. The lowest BCUT2D eigenvalue weighted by atomic mass is 9.73. The van der Waals surface area contributed by atoms with Crippen molar-refractivity contribution in [1.29, 1.82) is 0 Å².